The Kier molecular flexibility index (Phi) is 6.20. The molecule has 1 atom stereocenters. The van der Waals surface area contributed by atoms with E-state index in [0.717, 1.165) is 17.8 Å². The topological polar surface area (TPSA) is 71.1 Å². The van der Waals surface area contributed by atoms with Crippen molar-refractivity contribution in [2.45, 2.75) is 39.7 Å². The largest absolute Gasteiger partial charge is 0.277 e. The summed E-state index contributed by atoms with van der Waals surface area (Å²) in [5, 5.41) is 2.67. The van der Waals surface area contributed by atoms with Crippen LogP contribution in [0.2, 0.25) is 0 Å². The summed E-state index contributed by atoms with van der Waals surface area (Å²) in [4.78, 5) is 4.20. The average molecular weight is 291 g/mol. The normalized spacial score (nSPS) is 14.0. The van der Waals surface area contributed by atoms with Gasteiger partial charge in [-0.25, -0.2) is 9.71 Å². The first kappa shape index (κ1) is 15.6. The quantitative estimate of drug-likeness (QED) is 0.770. The molecule has 0 radical (unpaired) electrons. The summed E-state index contributed by atoms with van der Waals surface area (Å²) in [7, 11) is -3.45. The van der Waals surface area contributed by atoms with Gasteiger partial charge in [0.2, 0.25) is 0 Å². The summed E-state index contributed by atoms with van der Waals surface area (Å²) in [6.45, 7) is 6.50. The van der Waals surface area contributed by atoms with Gasteiger partial charge < -0.3 is 0 Å². The molecular formula is C11H21N3O2S2. The molecule has 0 amide bonds. The van der Waals surface area contributed by atoms with E-state index >= 15 is 0 Å². The highest BCUT2D eigenvalue weighted by Crippen LogP contribution is 2.23. The minimum Gasteiger partial charge on any atom is -0.248 e. The van der Waals surface area contributed by atoms with Gasteiger partial charge in [0, 0.05) is 18.1 Å². The van der Waals surface area contributed by atoms with E-state index in [1.165, 1.54) is 11.3 Å². The first-order chi connectivity index (χ1) is 8.44. The second kappa shape index (κ2) is 7.18. The lowest BCUT2D eigenvalue weighted by Gasteiger charge is -2.18. The van der Waals surface area contributed by atoms with Crippen LogP contribution in [0.4, 0.5) is 0 Å². The molecule has 5 nitrogen and oxygen atoms in total. The zero-order chi connectivity index (χ0) is 13.6. The van der Waals surface area contributed by atoms with Gasteiger partial charge >= 0.3 is 0 Å². The number of nitrogens with zero attached hydrogens (tertiary/aromatic N) is 1. The molecule has 0 saturated carbocycles. The van der Waals surface area contributed by atoms with E-state index in [0.29, 0.717) is 12.5 Å². The van der Waals surface area contributed by atoms with E-state index in [1.54, 1.807) is 6.20 Å². The number of nitrogens with one attached hydrogen (secondary N) is 2. The lowest BCUT2D eigenvalue weighted by atomic mass is 10.1. The molecule has 1 aromatic rings. The second-order valence-electron chi connectivity index (χ2n) is 4.57. The van der Waals surface area contributed by atoms with E-state index < -0.39 is 10.2 Å². The Labute approximate surface area is 113 Å². The van der Waals surface area contributed by atoms with E-state index in [-0.39, 0.29) is 6.04 Å². The Morgan fingerprint density at radius 2 is 2.17 bits per heavy atom. The SMILES string of the molecule is CCCNS(=O)(=O)NC(CC(C)C)c1nccs1. The van der Waals surface area contributed by atoms with Crippen LogP contribution in [0, 0.1) is 5.92 Å². The van der Waals surface area contributed by atoms with Crippen molar-refractivity contribution >= 4 is 21.5 Å². The molecule has 0 spiro atoms. The molecule has 1 rings (SSSR count). The molecule has 1 unspecified atom stereocenters. The highest BCUT2D eigenvalue weighted by molar-refractivity contribution is 7.87. The van der Waals surface area contributed by atoms with Gasteiger partial charge in [-0.3, -0.25) is 0 Å². The molecule has 0 aliphatic heterocycles. The molecule has 0 fully saturated rings. The molecule has 1 aromatic heterocycles. The molecular weight excluding hydrogens is 270 g/mol. The molecule has 18 heavy (non-hydrogen) atoms. The Morgan fingerprint density at radius 3 is 2.67 bits per heavy atom. The van der Waals surface area contributed by atoms with Crippen LogP contribution in [-0.4, -0.2) is 19.9 Å². The van der Waals surface area contributed by atoms with Crippen LogP contribution in [0.1, 0.15) is 44.7 Å². The molecule has 104 valence electrons. The first-order valence-electron chi connectivity index (χ1n) is 6.11. The molecule has 0 bridgehead atoms. The molecule has 2 N–H and O–H groups in total. The first-order valence-corrected chi connectivity index (χ1v) is 8.47. The van der Waals surface area contributed by atoms with E-state index in [2.05, 4.69) is 28.3 Å². The van der Waals surface area contributed by atoms with Crippen LogP contribution < -0.4 is 9.44 Å². The van der Waals surface area contributed by atoms with E-state index in [1.807, 2.05) is 12.3 Å². The van der Waals surface area contributed by atoms with Crippen LogP contribution in [0.15, 0.2) is 11.6 Å². The fraction of sp³-hybridized carbons (Fsp3) is 0.727. The van der Waals surface area contributed by atoms with Crippen molar-refractivity contribution < 1.29 is 8.42 Å². The van der Waals surface area contributed by atoms with Gasteiger partial charge in [0.25, 0.3) is 10.2 Å². The lowest BCUT2D eigenvalue weighted by Crippen LogP contribution is -2.39. The Morgan fingerprint density at radius 1 is 1.44 bits per heavy atom. The Balaban J connectivity index is 2.73. The van der Waals surface area contributed by atoms with Crippen LogP contribution in [0.25, 0.3) is 0 Å². The number of hydrogen-bond donors (Lipinski definition) is 2. The summed E-state index contributed by atoms with van der Waals surface area (Å²) in [5.41, 5.74) is 0. The Hall–Kier alpha value is -0.500. The monoisotopic (exact) mass is 291 g/mol. The minimum atomic E-state index is -3.45. The van der Waals surface area contributed by atoms with Crippen molar-refractivity contribution in [1.82, 2.24) is 14.4 Å². The van der Waals surface area contributed by atoms with Crippen LogP contribution in [-0.2, 0) is 10.2 Å². The zero-order valence-corrected chi connectivity index (χ0v) is 12.6. The molecule has 0 saturated heterocycles. The standard InChI is InChI=1S/C11H21N3O2S2/c1-4-5-13-18(15,16)14-10(8-9(2)3)11-12-6-7-17-11/h6-7,9-10,13-14H,4-5,8H2,1-3H3. The average Bonchev–Trinajstić information content (AvgIpc) is 2.78. The highest BCUT2D eigenvalue weighted by atomic mass is 32.2. The zero-order valence-electron chi connectivity index (χ0n) is 11.0. The van der Waals surface area contributed by atoms with Gasteiger partial charge in [-0.1, -0.05) is 20.8 Å². The van der Waals surface area contributed by atoms with Gasteiger partial charge in [0.05, 0.1) is 6.04 Å². The molecule has 7 heteroatoms. The van der Waals surface area contributed by atoms with Gasteiger partial charge in [0.1, 0.15) is 5.01 Å². The predicted molar refractivity (Wildman–Crippen MR) is 74.7 cm³/mol. The number of thiazole rings is 1. The summed E-state index contributed by atoms with van der Waals surface area (Å²) in [6, 6.07) is -0.251. The van der Waals surface area contributed by atoms with Crippen LogP contribution in [0.5, 0.6) is 0 Å². The third kappa shape index (κ3) is 5.43. The van der Waals surface area contributed by atoms with Crippen molar-refractivity contribution in [2.24, 2.45) is 5.92 Å². The van der Waals surface area contributed by atoms with Crippen LogP contribution in [0.3, 0.4) is 0 Å². The second-order valence-corrected chi connectivity index (χ2v) is 7.03. The van der Waals surface area contributed by atoms with Gasteiger partial charge in [-0.2, -0.15) is 13.1 Å². The molecule has 1 heterocycles. The summed E-state index contributed by atoms with van der Waals surface area (Å²) >= 11 is 1.47. The van der Waals surface area contributed by atoms with Crippen molar-refractivity contribution in [3.8, 4) is 0 Å². The van der Waals surface area contributed by atoms with Gasteiger partial charge in [-0.15, -0.1) is 11.3 Å². The fourth-order valence-electron chi connectivity index (χ4n) is 1.54. The molecule has 0 aromatic carbocycles. The van der Waals surface area contributed by atoms with Crippen LogP contribution >= 0.6 is 11.3 Å². The maximum atomic E-state index is 11.8. The maximum absolute atomic E-state index is 11.8. The lowest BCUT2D eigenvalue weighted by molar-refractivity contribution is 0.466. The third-order valence-corrected chi connectivity index (χ3v) is 4.36. The fourth-order valence-corrected chi connectivity index (χ4v) is 3.46. The number of rotatable bonds is 8. The molecule has 0 aliphatic rings. The number of hydrogen-bond acceptors (Lipinski definition) is 4. The van der Waals surface area contributed by atoms with Gasteiger partial charge in [-0.05, 0) is 18.8 Å². The minimum absolute atomic E-state index is 0.251. The van der Waals surface area contributed by atoms with E-state index in [4.69, 9.17) is 0 Å². The highest BCUT2D eigenvalue weighted by Gasteiger charge is 2.21. The molecule has 0 aliphatic carbocycles. The Bertz CT molecular complexity index is 429. The number of aromatic nitrogens is 1. The summed E-state index contributed by atoms with van der Waals surface area (Å²) in [5.74, 6) is 0.396. The van der Waals surface area contributed by atoms with Gasteiger partial charge in [0.15, 0.2) is 0 Å². The van der Waals surface area contributed by atoms with Crippen molar-refractivity contribution in [2.75, 3.05) is 6.54 Å². The predicted octanol–water partition coefficient (Wildman–Crippen LogP) is 2.06. The summed E-state index contributed by atoms with van der Waals surface area (Å²) < 4.78 is 28.8. The van der Waals surface area contributed by atoms with Crippen molar-refractivity contribution in [3.05, 3.63) is 16.6 Å². The van der Waals surface area contributed by atoms with Crippen molar-refractivity contribution in [1.29, 1.82) is 0 Å². The third-order valence-electron chi connectivity index (χ3n) is 2.30. The summed E-state index contributed by atoms with van der Waals surface area (Å²) in [6.07, 6.45) is 3.20. The van der Waals surface area contributed by atoms with E-state index in [9.17, 15) is 8.42 Å². The maximum Gasteiger partial charge on any atom is 0.277 e. The van der Waals surface area contributed by atoms with Crippen molar-refractivity contribution in [3.63, 3.8) is 0 Å². The smallest absolute Gasteiger partial charge is 0.248 e.